The molecule has 6 nitrogen and oxygen atoms in total. The van der Waals surface area contributed by atoms with Gasteiger partial charge in [0.1, 0.15) is 0 Å². The summed E-state index contributed by atoms with van der Waals surface area (Å²) in [6.45, 7) is 8.13. The van der Waals surface area contributed by atoms with E-state index in [0.29, 0.717) is 23.4 Å². The number of rotatable bonds is 3. The molecule has 0 atom stereocenters. The number of carbonyl (C=O) groups excluding carboxylic acids is 1. The number of aliphatic hydroxyl groups excluding tert-OH is 1. The van der Waals surface area contributed by atoms with E-state index < -0.39 is 18.3 Å². The van der Waals surface area contributed by atoms with Crippen LogP contribution < -0.4 is 16.1 Å². The molecule has 0 aromatic heterocycles. The van der Waals surface area contributed by atoms with Gasteiger partial charge in [-0.25, -0.2) is 0 Å². The molecule has 2 aliphatic heterocycles. The Morgan fingerprint density at radius 2 is 1.64 bits per heavy atom. The zero-order chi connectivity index (χ0) is 20.1. The minimum atomic E-state index is -0.491. The van der Waals surface area contributed by atoms with Gasteiger partial charge >= 0.3 is 7.12 Å². The van der Waals surface area contributed by atoms with Crippen molar-refractivity contribution in [3.05, 3.63) is 47.5 Å². The fourth-order valence-electron chi connectivity index (χ4n) is 3.41. The quantitative estimate of drug-likeness (QED) is 0.714. The zero-order valence-electron chi connectivity index (χ0n) is 16.6. The topological polar surface area (TPSA) is 79.8 Å². The Morgan fingerprint density at radius 3 is 2.32 bits per heavy atom. The molecule has 146 valence electrons. The lowest BCUT2D eigenvalue weighted by atomic mass is 9.78. The van der Waals surface area contributed by atoms with Gasteiger partial charge in [0.25, 0.3) is 5.91 Å². The molecule has 1 amide bonds. The number of nitrogens with one attached hydrogen (secondary N) is 2. The molecule has 28 heavy (non-hydrogen) atoms. The third-order valence-corrected chi connectivity index (χ3v) is 5.82. The number of hydrogen-bond acceptors (Lipinski definition) is 5. The Bertz CT molecular complexity index is 926. The molecule has 2 heterocycles. The Kier molecular flexibility index (Phi) is 4.49. The van der Waals surface area contributed by atoms with E-state index in [1.807, 2.05) is 58.0 Å². The molecule has 1 fully saturated rings. The molecule has 0 spiro atoms. The summed E-state index contributed by atoms with van der Waals surface area (Å²) in [6.07, 6.45) is 0.544. The highest BCUT2D eigenvalue weighted by Gasteiger charge is 2.51. The van der Waals surface area contributed by atoms with Crippen LogP contribution >= 0.6 is 0 Å². The second-order valence-corrected chi connectivity index (χ2v) is 8.33. The summed E-state index contributed by atoms with van der Waals surface area (Å²) in [4.78, 5) is 12.7. The van der Waals surface area contributed by atoms with Gasteiger partial charge in [0.2, 0.25) is 0 Å². The second-order valence-electron chi connectivity index (χ2n) is 8.33. The van der Waals surface area contributed by atoms with Gasteiger partial charge in [0, 0.05) is 6.61 Å². The molecule has 3 N–H and O–H groups in total. The first-order chi connectivity index (χ1) is 13.2. The van der Waals surface area contributed by atoms with Crippen molar-refractivity contribution in [3.63, 3.8) is 0 Å². The van der Waals surface area contributed by atoms with Crippen LogP contribution in [0.4, 0.5) is 17.1 Å². The van der Waals surface area contributed by atoms with Crippen LogP contribution in [0.1, 0.15) is 43.6 Å². The average Bonchev–Trinajstić information content (AvgIpc) is 2.76. The Labute approximate surface area is 165 Å². The largest absolute Gasteiger partial charge is 0.494 e. The predicted octanol–water partition coefficient (Wildman–Crippen LogP) is 2.83. The van der Waals surface area contributed by atoms with Gasteiger partial charge in [-0.1, -0.05) is 12.1 Å². The second kappa shape index (κ2) is 6.62. The Hall–Kier alpha value is -2.35. The summed E-state index contributed by atoms with van der Waals surface area (Å²) in [6, 6.07) is 11.3. The van der Waals surface area contributed by atoms with Gasteiger partial charge in [-0.15, -0.1) is 0 Å². The zero-order valence-corrected chi connectivity index (χ0v) is 16.6. The van der Waals surface area contributed by atoms with Gasteiger partial charge in [-0.2, -0.15) is 0 Å². The highest BCUT2D eigenvalue weighted by atomic mass is 16.7. The molecule has 2 aromatic rings. The monoisotopic (exact) mass is 380 g/mol. The number of anilines is 3. The normalized spacial score (nSPS) is 19.3. The van der Waals surface area contributed by atoms with Crippen LogP contribution in [0.15, 0.2) is 36.4 Å². The molecule has 0 aliphatic carbocycles. The lowest BCUT2D eigenvalue weighted by molar-refractivity contribution is 0.00578. The highest BCUT2D eigenvalue weighted by molar-refractivity contribution is 6.62. The first-order valence-electron chi connectivity index (χ1n) is 9.52. The summed E-state index contributed by atoms with van der Waals surface area (Å²) in [5, 5.41) is 15.5. The highest BCUT2D eigenvalue weighted by Crippen LogP contribution is 2.37. The number of amides is 1. The molecule has 0 saturated carbocycles. The fourth-order valence-corrected chi connectivity index (χ4v) is 3.41. The van der Waals surface area contributed by atoms with Crippen LogP contribution in [0.5, 0.6) is 0 Å². The van der Waals surface area contributed by atoms with E-state index >= 15 is 0 Å². The van der Waals surface area contributed by atoms with Crippen LogP contribution in [-0.4, -0.2) is 35.9 Å². The smallest absolute Gasteiger partial charge is 0.399 e. The van der Waals surface area contributed by atoms with Crippen LogP contribution in [-0.2, 0) is 15.7 Å². The standard InChI is InChI=1S/C21H25BN2O4/c1-20(2)21(3,4)28-22(27-20)14-6-7-15-17(12-14)23-16-8-5-13(9-10-25)11-18(16)24-19(15)26/h5-8,11-12,23,25H,9-10H2,1-4H3,(H,24,26). The van der Waals surface area contributed by atoms with Crippen molar-refractivity contribution in [2.75, 3.05) is 17.2 Å². The molecular formula is C21H25BN2O4. The van der Waals surface area contributed by atoms with Crippen molar-refractivity contribution in [1.82, 2.24) is 0 Å². The molecule has 0 unspecified atom stereocenters. The average molecular weight is 380 g/mol. The fraction of sp³-hybridized carbons (Fsp3) is 0.381. The van der Waals surface area contributed by atoms with Crippen molar-refractivity contribution in [2.24, 2.45) is 0 Å². The third kappa shape index (κ3) is 3.19. The van der Waals surface area contributed by atoms with Gasteiger partial charge in [0.05, 0.1) is 33.8 Å². The maximum atomic E-state index is 12.7. The van der Waals surface area contributed by atoms with Crippen molar-refractivity contribution in [1.29, 1.82) is 0 Å². The molecule has 0 bridgehead atoms. The summed E-state index contributed by atoms with van der Waals surface area (Å²) in [5.41, 5.74) is 3.74. The SMILES string of the molecule is CC1(C)OB(c2ccc3c(c2)Nc2ccc(CCO)cc2NC3=O)OC1(C)C. The molecule has 1 saturated heterocycles. The van der Waals surface area contributed by atoms with Gasteiger partial charge in [0.15, 0.2) is 0 Å². The molecule has 2 aliphatic rings. The van der Waals surface area contributed by atoms with Gasteiger partial charge < -0.3 is 25.0 Å². The maximum Gasteiger partial charge on any atom is 0.494 e. The molecular weight excluding hydrogens is 355 g/mol. The van der Waals surface area contributed by atoms with Crippen LogP contribution in [0.2, 0.25) is 0 Å². The van der Waals surface area contributed by atoms with E-state index in [4.69, 9.17) is 14.4 Å². The number of carbonyl (C=O) groups is 1. The lowest BCUT2D eigenvalue weighted by Crippen LogP contribution is -2.41. The van der Waals surface area contributed by atoms with Gasteiger partial charge in [-0.3, -0.25) is 4.79 Å². The minimum absolute atomic E-state index is 0.0673. The predicted molar refractivity (Wildman–Crippen MR) is 111 cm³/mol. The van der Waals surface area contributed by atoms with Gasteiger partial charge in [-0.05, 0) is 69.4 Å². The molecule has 0 radical (unpaired) electrons. The van der Waals surface area contributed by atoms with E-state index in [1.54, 1.807) is 6.07 Å². The molecule has 2 aromatic carbocycles. The van der Waals surface area contributed by atoms with Crippen molar-refractivity contribution < 1.29 is 19.2 Å². The number of aliphatic hydroxyl groups is 1. The summed E-state index contributed by atoms with van der Waals surface area (Å²) >= 11 is 0. The van der Waals surface area contributed by atoms with Crippen LogP contribution in [0.25, 0.3) is 0 Å². The first kappa shape index (κ1) is 19.0. The summed E-state index contributed by atoms with van der Waals surface area (Å²) < 4.78 is 12.3. The van der Waals surface area contributed by atoms with E-state index in [-0.39, 0.29) is 12.5 Å². The Morgan fingerprint density at radius 1 is 0.929 bits per heavy atom. The number of fused-ring (bicyclic) bond motifs is 2. The Balaban J connectivity index is 1.68. The van der Waals surface area contributed by atoms with Crippen molar-refractivity contribution in [3.8, 4) is 0 Å². The van der Waals surface area contributed by atoms with Crippen LogP contribution in [0.3, 0.4) is 0 Å². The third-order valence-electron chi connectivity index (χ3n) is 5.82. The summed E-state index contributed by atoms with van der Waals surface area (Å²) in [7, 11) is -0.491. The minimum Gasteiger partial charge on any atom is -0.399 e. The first-order valence-corrected chi connectivity index (χ1v) is 9.52. The van der Waals surface area contributed by atoms with E-state index in [0.717, 1.165) is 16.7 Å². The van der Waals surface area contributed by atoms with E-state index in [2.05, 4.69) is 10.6 Å². The van der Waals surface area contributed by atoms with Crippen molar-refractivity contribution >= 4 is 35.6 Å². The lowest BCUT2D eigenvalue weighted by Gasteiger charge is -2.32. The summed E-state index contributed by atoms with van der Waals surface area (Å²) in [5.74, 6) is -0.178. The maximum absolute atomic E-state index is 12.7. The number of benzene rings is 2. The van der Waals surface area contributed by atoms with Crippen molar-refractivity contribution in [2.45, 2.75) is 45.3 Å². The molecule has 4 rings (SSSR count). The van der Waals surface area contributed by atoms with Crippen LogP contribution in [0, 0.1) is 0 Å². The number of hydrogen-bond donors (Lipinski definition) is 3. The molecule has 7 heteroatoms. The van der Waals surface area contributed by atoms with E-state index in [9.17, 15) is 4.79 Å². The van der Waals surface area contributed by atoms with E-state index in [1.165, 1.54) is 0 Å².